The van der Waals surface area contributed by atoms with Gasteiger partial charge in [0.1, 0.15) is 6.10 Å². The molecular weight excluding hydrogens is 370 g/mol. The molecule has 2 unspecified atom stereocenters. The predicted molar refractivity (Wildman–Crippen MR) is 96.6 cm³/mol. The third-order valence-corrected chi connectivity index (χ3v) is 4.14. The second kappa shape index (κ2) is 8.94. The van der Waals surface area contributed by atoms with Crippen molar-refractivity contribution in [3.8, 4) is 0 Å². The number of carbonyl (C=O) groups excluding carboxylic acids is 1. The number of esters is 1. The quantitative estimate of drug-likeness (QED) is 0.650. The van der Waals surface area contributed by atoms with Crippen LogP contribution in [0.25, 0.3) is 0 Å². The van der Waals surface area contributed by atoms with Gasteiger partial charge in [-0.1, -0.05) is 48.0 Å². The van der Waals surface area contributed by atoms with Crippen LogP contribution < -0.4 is 0 Å². The van der Waals surface area contributed by atoms with Gasteiger partial charge in [0.25, 0.3) is 0 Å². The van der Waals surface area contributed by atoms with Gasteiger partial charge in [-0.25, -0.2) is 4.79 Å². The van der Waals surface area contributed by atoms with Crippen LogP contribution in [0.3, 0.4) is 0 Å². The Morgan fingerprint density at radius 2 is 1.88 bits per heavy atom. The van der Waals surface area contributed by atoms with Crippen LogP contribution in [0.2, 0.25) is 0 Å². The topological polar surface area (TPSA) is 48.4 Å². The van der Waals surface area contributed by atoms with Gasteiger partial charge in [0, 0.05) is 22.4 Å². The average molecular weight is 392 g/mol. The van der Waals surface area contributed by atoms with Gasteiger partial charge in [0.15, 0.2) is 6.10 Å². The van der Waals surface area contributed by atoms with E-state index in [1.165, 1.54) is 7.11 Å². The molecule has 2 rings (SSSR count). The van der Waals surface area contributed by atoms with Crippen LogP contribution in [0, 0.1) is 5.92 Å². The molecule has 0 amide bonds. The third-order valence-electron chi connectivity index (χ3n) is 3.61. The van der Waals surface area contributed by atoms with Gasteiger partial charge in [-0.2, -0.15) is 0 Å². The maximum absolute atomic E-state index is 12.1. The van der Waals surface area contributed by atoms with E-state index in [0.717, 1.165) is 15.6 Å². The van der Waals surface area contributed by atoms with Gasteiger partial charge in [-0.15, -0.1) is 0 Å². The second-order valence-corrected chi connectivity index (χ2v) is 6.91. The van der Waals surface area contributed by atoms with Crippen molar-refractivity contribution in [3.63, 3.8) is 0 Å². The van der Waals surface area contributed by atoms with Crippen molar-refractivity contribution >= 4 is 21.9 Å². The number of hydrogen-bond donors (Lipinski definition) is 0. The molecule has 0 aliphatic rings. The molecule has 0 bridgehead atoms. The lowest BCUT2D eigenvalue weighted by Gasteiger charge is -2.25. The molecule has 24 heavy (non-hydrogen) atoms. The van der Waals surface area contributed by atoms with Crippen LogP contribution in [0.1, 0.15) is 37.5 Å². The molecule has 4 nitrogen and oxygen atoms in total. The first kappa shape index (κ1) is 18.6. The van der Waals surface area contributed by atoms with Crippen molar-refractivity contribution in [2.45, 2.75) is 32.5 Å². The van der Waals surface area contributed by atoms with Crippen LogP contribution in [-0.4, -0.2) is 24.2 Å². The Hall–Kier alpha value is -1.72. The van der Waals surface area contributed by atoms with Gasteiger partial charge < -0.3 is 9.47 Å². The van der Waals surface area contributed by atoms with E-state index >= 15 is 0 Å². The van der Waals surface area contributed by atoms with Crippen molar-refractivity contribution in [3.05, 3.63) is 64.4 Å². The summed E-state index contributed by atoms with van der Waals surface area (Å²) in [4.78, 5) is 16.3. The molecule has 1 aromatic carbocycles. The molecule has 0 N–H and O–H groups in total. The molecule has 0 spiro atoms. The van der Waals surface area contributed by atoms with E-state index < -0.39 is 6.10 Å². The van der Waals surface area contributed by atoms with Crippen LogP contribution in [0.15, 0.2) is 53.3 Å². The summed E-state index contributed by atoms with van der Waals surface area (Å²) in [7, 11) is 1.39. The lowest BCUT2D eigenvalue weighted by molar-refractivity contribution is -0.158. The number of benzene rings is 1. The Morgan fingerprint density at radius 3 is 2.42 bits per heavy atom. The molecule has 2 atom stereocenters. The summed E-state index contributed by atoms with van der Waals surface area (Å²) >= 11 is 3.44. The van der Waals surface area contributed by atoms with Crippen LogP contribution >= 0.6 is 15.9 Å². The Kier molecular flexibility index (Phi) is 6.94. The molecule has 1 heterocycles. The maximum atomic E-state index is 12.1. The first-order valence-corrected chi connectivity index (χ1v) is 8.69. The molecule has 0 aliphatic heterocycles. The lowest BCUT2D eigenvalue weighted by Crippen LogP contribution is -2.29. The standard InChI is InChI=1S/C19H22BrNO3/c1-13(2)11-17(19(22)23-3)24-18(15-5-4-10-21-12-15)14-6-8-16(20)9-7-14/h4-10,12-13,17-18H,11H2,1-3H3. The van der Waals surface area contributed by atoms with Gasteiger partial charge in [-0.05, 0) is 36.1 Å². The normalized spacial score (nSPS) is 13.5. The molecule has 0 fully saturated rings. The van der Waals surface area contributed by atoms with E-state index in [1.54, 1.807) is 12.4 Å². The van der Waals surface area contributed by atoms with Crippen molar-refractivity contribution < 1.29 is 14.3 Å². The summed E-state index contributed by atoms with van der Waals surface area (Å²) in [5.74, 6) is -0.0386. The molecule has 128 valence electrons. The monoisotopic (exact) mass is 391 g/mol. The highest BCUT2D eigenvalue weighted by Gasteiger charge is 2.27. The van der Waals surface area contributed by atoms with Crippen molar-refractivity contribution in [1.29, 1.82) is 0 Å². The van der Waals surface area contributed by atoms with E-state index in [9.17, 15) is 4.79 Å². The molecular formula is C19H22BrNO3. The number of ether oxygens (including phenoxy) is 2. The molecule has 0 radical (unpaired) electrons. The highest BCUT2D eigenvalue weighted by Crippen LogP contribution is 2.29. The fourth-order valence-electron chi connectivity index (χ4n) is 2.45. The Morgan fingerprint density at radius 1 is 1.17 bits per heavy atom. The fourth-order valence-corrected chi connectivity index (χ4v) is 2.71. The van der Waals surface area contributed by atoms with E-state index in [-0.39, 0.29) is 12.1 Å². The van der Waals surface area contributed by atoms with Crippen LogP contribution in [-0.2, 0) is 14.3 Å². The zero-order valence-electron chi connectivity index (χ0n) is 14.1. The number of rotatable bonds is 7. The smallest absolute Gasteiger partial charge is 0.335 e. The summed E-state index contributed by atoms with van der Waals surface area (Å²) in [6.45, 7) is 4.11. The molecule has 5 heteroatoms. The number of pyridine rings is 1. The zero-order chi connectivity index (χ0) is 17.5. The highest BCUT2D eigenvalue weighted by atomic mass is 79.9. The molecule has 0 aliphatic carbocycles. The fraction of sp³-hybridized carbons (Fsp3) is 0.368. The minimum atomic E-state index is -0.621. The SMILES string of the molecule is COC(=O)C(CC(C)C)OC(c1ccc(Br)cc1)c1cccnc1. The molecule has 0 saturated heterocycles. The zero-order valence-corrected chi connectivity index (χ0v) is 15.7. The number of hydrogen-bond acceptors (Lipinski definition) is 4. The predicted octanol–water partition coefficient (Wildman–Crippen LogP) is 4.54. The van der Waals surface area contributed by atoms with Crippen molar-refractivity contribution in [1.82, 2.24) is 4.98 Å². The maximum Gasteiger partial charge on any atom is 0.335 e. The summed E-state index contributed by atoms with van der Waals surface area (Å²) in [6, 6.07) is 11.7. The van der Waals surface area contributed by atoms with Crippen LogP contribution in [0.5, 0.6) is 0 Å². The molecule has 0 saturated carbocycles. The number of nitrogens with zero attached hydrogens (tertiary/aromatic N) is 1. The second-order valence-electron chi connectivity index (χ2n) is 6.00. The van der Waals surface area contributed by atoms with E-state index in [4.69, 9.17) is 9.47 Å². The summed E-state index contributed by atoms with van der Waals surface area (Å²) in [6.07, 6.45) is 3.07. The number of aromatic nitrogens is 1. The van der Waals surface area contributed by atoms with E-state index in [2.05, 4.69) is 34.8 Å². The van der Waals surface area contributed by atoms with Crippen molar-refractivity contribution in [2.24, 2.45) is 5.92 Å². The number of carbonyl (C=O) groups is 1. The van der Waals surface area contributed by atoms with Gasteiger partial charge in [0.05, 0.1) is 7.11 Å². The average Bonchev–Trinajstić information content (AvgIpc) is 2.59. The Labute approximate surface area is 151 Å². The Balaban J connectivity index is 2.34. The summed E-state index contributed by atoms with van der Waals surface area (Å²) in [5.41, 5.74) is 1.86. The van der Waals surface area contributed by atoms with E-state index in [1.807, 2.05) is 36.4 Å². The summed E-state index contributed by atoms with van der Waals surface area (Å²) < 4.78 is 12.1. The van der Waals surface area contributed by atoms with Gasteiger partial charge in [-0.3, -0.25) is 4.98 Å². The lowest BCUT2D eigenvalue weighted by atomic mass is 10.0. The van der Waals surface area contributed by atoms with Gasteiger partial charge in [0.2, 0.25) is 0 Å². The minimum absolute atomic E-state index is 0.313. The summed E-state index contributed by atoms with van der Waals surface area (Å²) in [5, 5.41) is 0. The largest absolute Gasteiger partial charge is 0.467 e. The number of methoxy groups -OCH3 is 1. The third kappa shape index (κ3) is 5.14. The highest BCUT2D eigenvalue weighted by molar-refractivity contribution is 9.10. The Bertz CT molecular complexity index is 643. The van der Waals surface area contributed by atoms with E-state index in [0.29, 0.717) is 12.3 Å². The molecule has 1 aromatic heterocycles. The molecule has 2 aromatic rings. The number of halogens is 1. The van der Waals surface area contributed by atoms with Crippen molar-refractivity contribution in [2.75, 3.05) is 7.11 Å². The minimum Gasteiger partial charge on any atom is -0.467 e. The van der Waals surface area contributed by atoms with Crippen LogP contribution in [0.4, 0.5) is 0 Å². The first-order chi connectivity index (χ1) is 11.5. The first-order valence-electron chi connectivity index (χ1n) is 7.90. The van der Waals surface area contributed by atoms with Gasteiger partial charge >= 0.3 is 5.97 Å².